The highest BCUT2D eigenvalue weighted by atomic mass is 35.5. The lowest BCUT2D eigenvalue weighted by molar-refractivity contribution is 0.0124. The summed E-state index contributed by atoms with van der Waals surface area (Å²) in [6.45, 7) is 19.8. The Morgan fingerprint density at radius 3 is 1.96 bits per heavy atom. The number of carbonyl (C=O) groups excluding carboxylic acids is 2. The average Bonchev–Trinajstić information content (AvgIpc) is 3.57. The zero-order valence-corrected chi connectivity index (χ0v) is 32.6. The van der Waals surface area contributed by atoms with Gasteiger partial charge >= 0.3 is 12.2 Å². The number of piperidine rings is 1. The van der Waals surface area contributed by atoms with Crippen LogP contribution in [0.4, 0.5) is 9.59 Å². The largest absolute Gasteiger partial charge is 0.444 e. The van der Waals surface area contributed by atoms with Crippen molar-refractivity contribution in [1.29, 1.82) is 0 Å². The molecule has 0 radical (unpaired) electrons. The molecule has 2 aromatic heterocycles. The Labute approximate surface area is 311 Å². The first-order valence-electron chi connectivity index (χ1n) is 18.5. The fourth-order valence-electron chi connectivity index (χ4n) is 7.92. The minimum absolute atomic E-state index is 0.0781. The number of aromatic amines is 2. The normalized spacial score (nSPS) is 25.8. The lowest BCUT2D eigenvalue weighted by atomic mass is 10.0. The fourth-order valence-corrected chi connectivity index (χ4v) is 8.17. The number of ether oxygens (including phenoxy) is 2. The van der Waals surface area contributed by atoms with Gasteiger partial charge in [-0.3, -0.25) is 9.80 Å². The summed E-state index contributed by atoms with van der Waals surface area (Å²) in [5.74, 6) is 3.14. The molecule has 2 aliphatic carbocycles. The fraction of sp³-hybridized carbons (Fsp3) is 0.512. The second kappa shape index (κ2) is 13.0. The van der Waals surface area contributed by atoms with E-state index >= 15 is 0 Å². The van der Waals surface area contributed by atoms with Gasteiger partial charge in [0.25, 0.3) is 0 Å². The molecule has 1 aliphatic heterocycles. The van der Waals surface area contributed by atoms with Crippen LogP contribution < -0.4 is 0 Å². The SMILES string of the molecule is CC1C(C)C1N(C(=O)OC(C)(C)C)C(C)c1nc(-c2ccc(-c3ccc(-c4cnc(C5CC6C(C)C6N5C(=O)OC(C)(C)C)[nH]4)cc3)cc2)c(Cl)[nH]1. The van der Waals surface area contributed by atoms with Crippen LogP contribution in [-0.2, 0) is 9.47 Å². The molecule has 52 heavy (non-hydrogen) atoms. The van der Waals surface area contributed by atoms with Crippen molar-refractivity contribution in [2.75, 3.05) is 0 Å². The van der Waals surface area contributed by atoms with Crippen LogP contribution in [0.1, 0.15) is 99.4 Å². The monoisotopic (exact) mass is 726 g/mol. The van der Waals surface area contributed by atoms with Gasteiger partial charge in [-0.05, 0) is 95.2 Å². The summed E-state index contributed by atoms with van der Waals surface area (Å²) >= 11 is 6.72. The van der Waals surface area contributed by atoms with Gasteiger partial charge in [-0.25, -0.2) is 19.6 Å². The van der Waals surface area contributed by atoms with Crippen molar-refractivity contribution >= 4 is 23.8 Å². The second-order valence-corrected chi connectivity index (χ2v) is 17.4. The van der Waals surface area contributed by atoms with Crippen molar-refractivity contribution in [1.82, 2.24) is 29.7 Å². The Kier molecular flexibility index (Phi) is 9.00. The molecule has 11 heteroatoms. The number of fused-ring (bicyclic) bond motifs is 1. The van der Waals surface area contributed by atoms with Crippen molar-refractivity contribution in [2.24, 2.45) is 23.7 Å². The minimum Gasteiger partial charge on any atom is -0.444 e. The summed E-state index contributed by atoms with van der Waals surface area (Å²) < 4.78 is 11.6. The summed E-state index contributed by atoms with van der Waals surface area (Å²) in [7, 11) is 0. The molecular formula is C41H51ClN6O4. The highest BCUT2D eigenvalue weighted by Crippen LogP contribution is 2.57. The van der Waals surface area contributed by atoms with E-state index in [1.165, 1.54) is 0 Å². The number of hydrogen-bond donors (Lipinski definition) is 2. The Morgan fingerprint density at radius 2 is 1.40 bits per heavy atom. The lowest BCUT2D eigenvalue weighted by Crippen LogP contribution is -2.41. The molecule has 276 valence electrons. The number of carbonyl (C=O) groups is 2. The van der Waals surface area contributed by atoms with Crippen molar-refractivity contribution in [3.63, 3.8) is 0 Å². The van der Waals surface area contributed by atoms with Crippen LogP contribution in [0.15, 0.2) is 54.7 Å². The number of likely N-dealkylation sites (tertiary alicyclic amines) is 1. The van der Waals surface area contributed by atoms with E-state index in [2.05, 4.69) is 67.1 Å². The molecule has 0 bridgehead atoms. The van der Waals surface area contributed by atoms with Crippen molar-refractivity contribution in [2.45, 2.75) is 111 Å². The van der Waals surface area contributed by atoms with Gasteiger partial charge in [0.05, 0.1) is 24.0 Å². The van der Waals surface area contributed by atoms with Gasteiger partial charge in [0.2, 0.25) is 0 Å². The summed E-state index contributed by atoms with van der Waals surface area (Å²) in [4.78, 5) is 46.6. The van der Waals surface area contributed by atoms with Crippen LogP contribution in [0, 0.1) is 23.7 Å². The first kappa shape index (κ1) is 36.1. The molecule has 2 N–H and O–H groups in total. The summed E-state index contributed by atoms with van der Waals surface area (Å²) in [5.41, 5.74) is 4.41. The van der Waals surface area contributed by atoms with E-state index in [1.54, 1.807) is 0 Å². The molecule has 3 fully saturated rings. The standard InChI is InChI=1S/C41H51ClN6O4/c1-21-22(2)33(21)47(38(49)51-40(5,6)7)24(4)36-45-32(35(42)46-36)28-17-13-26(14-18-28)25-11-15-27(16-12-25)30-20-43-37(44-30)31-19-29-23(3)34(29)48(31)39(50)52-41(8,9)10/h11-18,20-24,29,31,33-34H,19H2,1-10H3,(H,43,44)(H,45,46). The molecule has 7 unspecified atom stereocenters. The maximum Gasteiger partial charge on any atom is 0.411 e. The van der Waals surface area contributed by atoms with Crippen molar-refractivity contribution in [3.8, 4) is 33.6 Å². The van der Waals surface area contributed by atoms with E-state index < -0.39 is 11.2 Å². The Hall–Kier alpha value is -4.31. The number of nitrogens with one attached hydrogen (secondary N) is 2. The van der Waals surface area contributed by atoms with E-state index in [-0.39, 0.29) is 36.4 Å². The highest BCUT2D eigenvalue weighted by Gasteiger charge is 2.61. The number of amides is 2. The molecule has 2 amide bonds. The third-order valence-electron chi connectivity index (χ3n) is 11.0. The van der Waals surface area contributed by atoms with Crippen LogP contribution >= 0.6 is 11.6 Å². The molecule has 7 atom stereocenters. The number of benzene rings is 2. The molecular weight excluding hydrogens is 676 g/mol. The third-order valence-corrected chi connectivity index (χ3v) is 11.3. The predicted octanol–water partition coefficient (Wildman–Crippen LogP) is 10.1. The molecule has 4 aromatic rings. The summed E-state index contributed by atoms with van der Waals surface area (Å²) in [6, 6.07) is 16.3. The topological polar surface area (TPSA) is 116 Å². The minimum atomic E-state index is -0.603. The number of aromatic nitrogens is 4. The Bertz CT molecular complexity index is 1950. The maximum absolute atomic E-state index is 13.3. The molecule has 3 heterocycles. The number of rotatable bonds is 7. The first-order valence-corrected chi connectivity index (χ1v) is 18.8. The molecule has 10 nitrogen and oxygen atoms in total. The number of nitrogens with zero attached hydrogens (tertiary/aromatic N) is 4. The van der Waals surface area contributed by atoms with Crippen LogP contribution in [0.2, 0.25) is 5.15 Å². The van der Waals surface area contributed by atoms with Crippen LogP contribution in [-0.4, -0.2) is 65.2 Å². The quantitative estimate of drug-likeness (QED) is 0.196. The molecule has 2 aromatic carbocycles. The lowest BCUT2D eigenvalue weighted by Gasteiger charge is -2.31. The van der Waals surface area contributed by atoms with Crippen molar-refractivity contribution < 1.29 is 19.1 Å². The maximum atomic E-state index is 13.3. The van der Waals surface area contributed by atoms with Gasteiger partial charge in [0, 0.05) is 17.6 Å². The predicted molar refractivity (Wildman–Crippen MR) is 203 cm³/mol. The second-order valence-electron chi connectivity index (χ2n) is 17.0. The zero-order valence-electron chi connectivity index (χ0n) is 31.8. The van der Waals surface area contributed by atoms with E-state index in [0.29, 0.717) is 40.3 Å². The smallest absolute Gasteiger partial charge is 0.411 e. The van der Waals surface area contributed by atoms with E-state index in [0.717, 1.165) is 40.2 Å². The summed E-state index contributed by atoms with van der Waals surface area (Å²) in [5, 5.41) is 0.428. The van der Waals surface area contributed by atoms with E-state index in [1.807, 2.05) is 76.6 Å². The van der Waals surface area contributed by atoms with Crippen LogP contribution in [0.5, 0.6) is 0 Å². The van der Waals surface area contributed by atoms with Gasteiger partial charge in [-0.15, -0.1) is 0 Å². The van der Waals surface area contributed by atoms with Crippen LogP contribution in [0.25, 0.3) is 33.6 Å². The van der Waals surface area contributed by atoms with Crippen molar-refractivity contribution in [3.05, 3.63) is 71.5 Å². The van der Waals surface area contributed by atoms with Crippen LogP contribution in [0.3, 0.4) is 0 Å². The van der Waals surface area contributed by atoms with E-state index in [9.17, 15) is 9.59 Å². The third kappa shape index (κ3) is 6.94. The van der Waals surface area contributed by atoms with Gasteiger partial charge in [-0.1, -0.05) is 80.9 Å². The van der Waals surface area contributed by atoms with Gasteiger partial charge in [0.1, 0.15) is 33.7 Å². The Morgan fingerprint density at radius 1 is 0.846 bits per heavy atom. The average molecular weight is 727 g/mol. The molecule has 1 saturated heterocycles. The summed E-state index contributed by atoms with van der Waals surface area (Å²) in [6.07, 6.45) is 2.12. The molecule has 2 saturated carbocycles. The van der Waals surface area contributed by atoms with Gasteiger partial charge in [-0.2, -0.15) is 0 Å². The molecule has 3 aliphatic rings. The first-order chi connectivity index (χ1) is 24.4. The number of imidazole rings is 2. The Balaban J connectivity index is 1.04. The van der Waals surface area contributed by atoms with Gasteiger partial charge < -0.3 is 19.4 Å². The highest BCUT2D eigenvalue weighted by molar-refractivity contribution is 6.31. The number of halogens is 1. The number of hydrogen-bond acceptors (Lipinski definition) is 6. The van der Waals surface area contributed by atoms with Gasteiger partial charge in [0.15, 0.2) is 0 Å². The zero-order chi connectivity index (χ0) is 37.4. The molecule has 0 spiro atoms. The van der Waals surface area contributed by atoms with E-state index in [4.69, 9.17) is 31.0 Å². The number of H-pyrrole nitrogens is 2. The molecule has 7 rings (SSSR count).